The first-order valence-corrected chi connectivity index (χ1v) is 8.31. The zero-order valence-electron chi connectivity index (χ0n) is 11.0. The SMILES string of the molecule is SCC(CN1CCc2sccc2C1)c1ccccc1. The Morgan fingerprint density at radius 2 is 2.05 bits per heavy atom. The van der Waals surface area contributed by atoms with E-state index < -0.39 is 0 Å². The van der Waals surface area contributed by atoms with Crippen molar-refractivity contribution in [2.75, 3.05) is 18.8 Å². The van der Waals surface area contributed by atoms with E-state index in [0.29, 0.717) is 5.92 Å². The van der Waals surface area contributed by atoms with Gasteiger partial charge in [0.15, 0.2) is 0 Å². The van der Waals surface area contributed by atoms with Crippen LogP contribution in [0.15, 0.2) is 41.8 Å². The number of benzene rings is 1. The quantitative estimate of drug-likeness (QED) is 0.838. The predicted octanol–water partition coefficient (Wildman–Crippen LogP) is 3.82. The first-order valence-electron chi connectivity index (χ1n) is 6.80. The third kappa shape index (κ3) is 3.04. The van der Waals surface area contributed by atoms with E-state index in [2.05, 4.69) is 59.3 Å². The molecule has 0 aliphatic carbocycles. The van der Waals surface area contributed by atoms with Crippen LogP contribution in [0.1, 0.15) is 21.9 Å². The van der Waals surface area contributed by atoms with Crippen molar-refractivity contribution in [3.8, 4) is 0 Å². The van der Waals surface area contributed by atoms with Gasteiger partial charge in [-0.15, -0.1) is 11.3 Å². The summed E-state index contributed by atoms with van der Waals surface area (Å²) in [5.41, 5.74) is 2.94. The molecule has 1 unspecified atom stereocenters. The van der Waals surface area contributed by atoms with E-state index in [1.54, 1.807) is 4.88 Å². The molecule has 1 nitrogen and oxygen atoms in total. The fourth-order valence-electron chi connectivity index (χ4n) is 2.77. The summed E-state index contributed by atoms with van der Waals surface area (Å²) in [4.78, 5) is 4.15. The van der Waals surface area contributed by atoms with Crippen LogP contribution in [-0.4, -0.2) is 23.7 Å². The van der Waals surface area contributed by atoms with Crippen molar-refractivity contribution in [1.29, 1.82) is 0 Å². The van der Waals surface area contributed by atoms with Crippen LogP contribution in [0.25, 0.3) is 0 Å². The van der Waals surface area contributed by atoms with Crippen LogP contribution in [0.4, 0.5) is 0 Å². The van der Waals surface area contributed by atoms with Gasteiger partial charge in [-0.2, -0.15) is 12.6 Å². The Morgan fingerprint density at radius 1 is 1.21 bits per heavy atom. The number of hydrogen-bond acceptors (Lipinski definition) is 3. The van der Waals surface area contributed by atoms with Gasteiger partial charge in [0.05, 0.1) is 0 Å². The van der Waals surface area contributed by atoms with Crippen LogP contribution in [0, 0.1) is 0 Å². The maximum Gasteiger partial charge on any atom is 0.0245 e. The van der Waals surface area contributed by atoms with Gasteiger partial charge in [0.2, 0.25) is 0 Å². The Morgan fingerprint density at radius 3 is 2.84 bits per heavy atom. The monoisotopic (exact) mass is 289 g/mol. The Kier molecular flexibility index (Phi) is 4.26. The van der Waals surface area contributed by atoms with Crippen molar-refractivity contribution in [3.63, 3.8) is 0 Å². The largest absolute Gasteiger partial charge is 0.298 e. The van der Waals surface area contributed by atoms with Crippen molar-refractivity contribution < 1.29 is 0 Å². The lowest BCUT2D eigenvalue weighted by Gasteiger charge is -2.30. The molecule has 19 heavy (non-hydrogen) atoms. The first-order chi connectivity index (χ1) is 9.36. The summed E-state index contributed by atoms with van der Waals surface area (Å²) in [5, 5.41) is 2.22. The van der Waals surface area contributed by atoms with Gasteiger partial charge in [-0.25, -0.2) is 0 Å². The fraction of sp³-hybridized carbons (Fsp3) is 0.375. The molecule has 1 aliphatic heterocycles. The average molecular weight is 289 g/mol. The van der Waals surface area contributed by atoms with Crippen molar-refractivity contribution in [2.45, 2.75) is 18.9 Å². The zero-order valence-corrected chi connectivity index (χ0v) is 12.7. The van der Waals surface area contributed by atoms with Crippen LogP contribution >= 0.6 is 24.0 Å². The second kappa shape index (κ2) is 6.12. The van der Waals surface area contributed by atoms with Gasteiger partial charge in [-0.3, -0.25) is 4.90 Å². The number of fused-ring (bicyclic) bond motifs is 1. The van der Waals surface area contributed by atoms with Crippen LogP contribution < -0.4 is 0 Å². The summed E-state index contributed by atoms with van der Waals surface area (Å²) in [7, 11) is 0. The minimum absolute atomic E-state index is 0.532. The summed E-state index contributed by atoms with van der Waals surface area (Å²) in [5.74, 6) is 1.45. The lowest BCUT2D eigenvalue weighted by atomic mass is 9.99. The Labute approximate surface area is 124 Å². The van der Waals surface area contributed by atoms with E-state index in [1.165, 1.54) is 24.1 Å². The highest BCUT2D eigenvalue weighted by Gasteiger charge is 2.20. The molecule has 0 radical (unpaired) electrons. The second-order valence-electron chi connectivity index (χ2n) is 5.14. The first kappa shape index (κ1) is 13.2. The lowest BCUT2D eigenvalue weighted by Crippen LogP contribution is -2.33. The molecule has 1 aromatic heterocycles. The molecule has 0 N–H and O–H groups in total. The average Bonchev–Trinajstić information content (AvgIpc) is 2.93. The summed E-state index contributed by atoms with van der Waals surface area (Å²) in [6, 6.07) is 13.1. The highest BCUT2D eigenvalue weighted by Crippen LogP contribution is 2.26. The molecule has 0 bridgehead atoms. The Hall–Kier alpha value is -0.770. The summed E-state index contributed by atoms with van der Waals surface area (Å²) >= 11 is 6.45. The fourth-order valence-corrected chi connectivity index (χ4v) is 3.98. The maximum absolute atomic E-state index is 4.55. The molecule has 0 spiro atoms. The topological polar surface area (TPSA) is 3.24 Å². The van der Waals surface area contributed by atoms with E-state index in [4.69, 9.17) is 0 Å². The molecule has 3 rings (SSSR count). The zero-order chi connectivity index (χ0) is 13.1. The number of hydrogen-bond donors (Lipinski definition) is 1. The smallest absolute Gasteiger partial charge is 0.0245 e. The van der Waals surface area contributed by atoms with Gasteiger partial charge >= 0.3 is 0 Å². The van der Waals surface area contributed by atoms with Crippen molar-refractivity contribution in [1.82, 2.24) is 4.90 Å². The molecule has 0 fully saturated rings. The van der Waals surface area contributed by atoms with Crippen LogP contribution in [0.3, 0.4) is 0 Å². The molecular weight excluding hydrogens is 270 g/mol. The van der Waals surface area contributed by atoms with Crippen molar-refractivity contribution in [2.24, 2.45) is 0 Å². The molecule has 1 aromatic carbocycles. The lowest BCUT2D eigenvalue weighted by molar-refractivity contribution is 0.245. The predicted molar refractivity (Wildman–Crippen MR) is 86.3 cm³/mol. The minimum atomic E-state index is 0.532. The van der Waals surface area contributed by atoms with Gasteiger partial charge in [0.1, 0.15) is 0 Å². The third-order valence-corrected chi connectivity index (χ3v) is 5.32. The highest BCUT2D eigenvalue weighted by molar-refractivity contribution is 7.80. The molecule has 1 aliphatic rings. The molecule has 0 saturated carbocycles. The van der Waals surface area contributed by atoms with Crippen LogP contribution in [0.2, 0.25) is 0 Å². The van der Waals surface area contributed by atoms with E-state index >= 15 is 0 Å². The van der Waals surface area contributed by atoms with E-state index in [-0.39, 0.29) is 0 Å². The van der Waals surface area contributed by atoms with Gasteiger partial charge in [0, 0.05) is 30.4 Å². The summed E-state index contributed by atoms with van der Waals surface area (Å²) in [6.45, 7) is 3.41. The molecule has 2 aromatic rings. The highest BCUT2D eigenvalue weighted by atomic mass is 32.1. The number of rotatable bonds is 4. The third-order valence-electron chi connectivity index (χ3n) is 3.86. The van der Waals surface area contributed by atoms with Gasteiger partial charge in [-0.1, -0.05) is 30.3 Å². The minimum Gasteiger partial charge on any atom is -0.298 e. The Bertz CT molecular complexity index is 521. The van der Waals surface area contributed by atoms with Gasteiger partial charge < -0.3 is 0 Å². The maximum atomic E-state index is 4.55. The summed E-state index contributed by atoms with van der Waals surface area (Å²) < 4.78 is 0. The summed E-state index contributed by atoms with van der Waals surface area (Å²) in [6.07, 6.45) is 1.21. The molecule has 0 amide bonds. The second-order valence-corrected chi connectivity index (χ2v) is 6.51. The van der Waals surface area contributed by atoms with Gasteiger partial charge in [0.25, 0.3) is 0 Å². The van der Waals surface area contributed by atoms with Crippen LogP contribution in [-0.2, 0) is 13.0 Å². The molecule has 100 valence electrons. The van der Waals surface area contributed by atoms with E-state index in [0.717, 1.165) is 18.8 Å². The molecule has 3 heteroatoms. The van der Waals surface area contributed by atoms with Gasteiger partial charge in [-0.05, 0) is 34.7 Å². The van der Waals surface area contributed by atoms with E-state index in [1.807, 2.05) is 11.3 Å². The molecule has 2 heterocycles. The number of thiophene rings is 1. The Balaban J connectivity index is 1.68. The van der Waals surface area contributed by atoms with E-state index in [9.17, 15) is 0 Å². The van der Waals surface area contributed by atoms with Crippen molar-refractivity contribution in [3.05, 3.63) is 57.8 Å². The number of nitrogens with zero attached hydrogens (tertiary/aromatic N) is 1. The molecule has 1 atom stereocenters. The standard InChI is InChI=1S/C16H19NS2/c18-12-15(13-4-2-1-3-5-13)11-17-8-6-16-14(10-17)7-9-19-16/h1-5,7,9,15,18H,6,8,10-12H2. The molecule has 0 saturated heterocycles. The normalized spacial score (nSPS) is 17.1. The van der Waals surface area contributed by atoms with Crippen molar-refractivity contribution >= 4 is 24.0 Å². The molecular formula is C16H19NS2. The number of thiol groups is 1. The van der Waals surface area contributed by atoms with Crippen LogP contribution in [0.5, 0.6) is 0 Å².